The van der Waals surface area contributed by atoms with E-state index in [1.807, 2.05) is 11.3 Å². The molecule has 26 heavy (non-hydrogen) atoms. The molecule has 0 aliphatic heterocycles. The first kappa shape index (κ1) is 15.4. The van der Waals surface area contributed by atoms with Gasteiger partial charge in [-0.3, -0.25) is 0 Å². The third-order valence-corrected chi connectivity index (χ3v) is 6.25. The van der Waals surface area contributed by atoms with Crippen molar-refractivity contribution in [3.63, 3.8) is 0 Å². The molecule has 1 heterocycles. The molecular formula is C25H18S. The second kappa shape index (κ2) is 6.12. The Hall–Kier alpha value is -2.90. The van der Waals surface area contributed by atoms with Gasteiger partial charge in [0.2, 0.25) is 0 Å². The van der Waals surface area contributed by atoms with Crippen LogP contribution in [0.25, 0.3) is 42.4 Å². The van der Waals surface area contributed by atoms with Crippen molar-refractivity contribution in [1.29, 1.82) is 0 Å². The second-order valence-electron chi connectivity index (χ2n) is 6.62. The van der Waals surface area contributed by atoms with E-state index in [-0.39, 0.29) is 0 Å². The SMILES string of the molecule is Cc1c(-c2ccccc2)cccc1-c1cccc2sc3ccccc3c12. The number of benzene rings is 4. The zero-order valence-electron chi connectivity index (χ0n) is 14.6. The molecule has 1 aromatic heterocycles. The van der Waals surface area contributed by atoms with Crippen LogP contribution in [0.1, 0.15) is 5.56 Å². The van der Waals surface area contributed by atoms with Crippen LogP contribution in [0, 0.1) is 6.92 Å². The Labute approximate surface area is 157 Å². The summed E-state index contributed by atoms with van der Waals surface area (Å²) in [5, 5.41) is 2.73. The molecule has 0 bridgehead atoms. The van der Waals surface area contributed by atoms with E-state index >= 15 is 0 Å². The van der Waals surface area contributed by atoms with Crippen LogP contribution in [0.3, 0.4) is 0 Å². The topological polar surface area (TPSA) is 0 Å². The minimum absolute atomic E-state index is 1.27. The number of hydrogen-bond acceptors (Lipinski definition) is 1. The maximum Gasteiger partial charge on any atom is 0.0361 e. The summed E-state index contributed by atoms with van der Waals surface area (Å²) >= 11 is 1.88. The van der Waals surface area contributed by atoms with Gasteiger partial charge in [0, 0.05) is 20.2 Å². The van der Waals surface area contributed by atoms with Crippen molar-refractivity contribution < 1.29 is 0 Å². The lowest BCUT2D eigenvalue weighted by Gasteiger charge is -2.13. The van der Waals surface area contributed by atoms with Gasteiger partial charge in [0.05, 0.1) is 0 Å². The number of fused-ring (bicyclic) bond motifs is 3. The van der Waals surface area contributed by atoms with Crippen LogP contribution < -0.4 is 0 Å². The van der Waals surface area contributed by atoms with E-state index in [1.54, 1.807) is 0 Å². The summed E-state index contributed by atoms with van der Waals surface area (Å²) in [4.78, 5) is 0. The largest absolute Gasteiger partial charge is 0.135 e. The molecule has 0 saturated carbocycles. The molecule has 5 rings (SSSR count). The lowest BCUT2D eigenvalue weighted by atomic mass is 9.91. The highest BCUT2D eigenvalue weighted by Gasteiger charge is 2.13. The fraction of sp³-hybridized carbons (Fsp3) is 0.0400. The molecule has 124 valence electrons. The summed E-state index contributed by atoms with van der Waals surface area (Å²) in [6.45, 7) is 2.24. The first-order valence-corrected chi connectivity index (χ1v) is 9.70. The summed E-state index contributed by atoms with van der Waals surface area (Å²) in [6.07, 6.45) is 0. The predicted octanol–water partition coefficient (Wildman–Crippen LogP) is 7.70. The molecule has 4 aromatic carbocycles. The molecule has 0 amide bonds. The smallest absolute Gasteiger partial charge is 0.0361 e. The minimum atomic E-state index is 1.27. The summed E-state index contributed by atoms with van der Waals surface area (Å²) < 4.78 is 2.71. The predicted molar refractivity (Wildman–Crippen MR) is 115 cm³/mol. The van der Waals surface area contributed by atoms with Crippen molar-refractivity contribution in [2.24, 2.45) is 0 Å². The van der Waals surface area contributed by atoms with Gasteiger partial charge in [0.25, 0.3) is 0 Å². The highest BCUT2D eigenvalue weighted by molar-refractivity contribution is 7.25. The molecule has 0 nitrogen and oxygen atoms in total. The van der Waals surface area contributed by atoms with Gasteiger partial charge in [-0.1, -0.05) is 78.9 Å². The molecule has 0 N–H and O–H groups in total. The molecule has 0 aliphatic carbocycles. The number of thiophene rings is 1. The fourth-order valence-corrected chi connectivity index (χ4v) is 4.99. The van der Waals surface area contributed by atoms with Gasteiger partial charge in [-0.2, -0.15) is 0 Å². The van der Waals surface area contributed by atoms with Gasteiger partial charge in [-0.15, -0.1) is 11.3 Å². The lowest BCUT2D eigenvalue weighted by molar-refractivity contribution is 1.45. The van der Waals surface area contributed by atoms with Crippen LogP contribution in [0.2, 0.25) is 0 Å². The van der Waals surface area contributed by atoms with Crippen molar-refractivity contribution in [1.82, 2.24) is 0 Å². The van der Waals surface area contributed by atoms with Crippen molar-refractivity contribution in [2.75, 3.05) is 0 Å². The Bertz CT molecular complexity index is 1230. The normalized spacial score (nSPS) is 11.3. The van der Waals surface area contributed by atoms with E-state index in [0.717, 1.165) is 0 Å². The van der Waals surface area contributed by atoms with Crippen molar-refractivity contribution in [3.8, 4) is 22.3 Å². The van der Waals surface area contributed by atoms with Crippen LogP contribution in [0.5, 0.6) is 0 Å². The summed E-state index contributed by atoms with van der Waals surface area (Å²) in [7, 11) is 0. The standard InChI is InChI=1S/C25H18S/c1-17-19(18-9-3-2-4-10-18)12-7-13-20(17)21-14-8-16-24-25(21)22-11-5-6-15-23(22)26-24/h2-16H,1H3. The van der Waals surface area contributed by atoms with Gasteiger partial charge in [0.1, 0.15) is 0 Å². The van der Waals surface area contributed by atoms with Crippen LogP contribution >= 0.6 is 11.3 Å². The average molecular weight is 350 g/mol. The maximum atomic E-state index is 2.26. The van der Waals surface area contributed by atoms with Gasteiger partial charge < -0.3 is 0 Å². The van der Waals surface area contributed by atoms with Crippen molar-refractivity contribution in [2.45, 2.75) is 6.92 Å². The molecule has 1 heteroatoms. The number of hydrogen-bond donors (Lipinski definition) is 0. The molecule has 0 saturated heterocycles. The van der Waals surface area contributed by atoms with Crippen molar-refractivity contribution >= 4 is 31.5 Å². The van der Waals surface area contributed by atoms with E-state index in [2.05, 4.69) is 97.9 Å². The first-order chi connectivity index (χ1) is 12.8. The summed E-state index contributed by atoms with van der Waals surface area (Å²) in [6, 6.07) is 32.7. The minimum Gasteiger partial charge on any atom is -0.135 e. The Morgan fingerprint density at radius 1 is 0.538 bits per heavy atom. The summed E-state index contributed by atoms with van der Waals surface area (Å²) in [5.41, 5.74) is 6.56. The summed E-state index contributed by atoms with van der Waals surface area (Å²) in [5.74, 6) is 0. The van der Waals surface area contributed by atoms with Crippen LogP contribution in [0.15, 0.2) is 91.0 Å². The molecule has 0 radical (unpaired) electrons. The van der Waals surface area contributed by atoms with E-state index in [1.165, 1.54) is 48.0 Å². The molecule has 0 fully saturated rings. The van der Waals surface area contributed by atoms with E-state index in [9.17, 15) is 0 Å². The van der Waals surface area contributed by atoms with E-state index in [0.29, 0.717) is 0 Å². The van der Waals surface area contributed by atoms with Crippen LogP contribution in [-0.2, 0) is 0 Å². The first-order valence-electron chi connectivity index (χ1n) is 8.88. The van der Waals surface area contributed by atoms with E-state index in [4.69, 9.17) is 0 Å². The van der Waals surface area contributed by atoms with Gasteiger partial charge >= 0.3 is 0 Å². The Morgan fingerprint density at radius 2 is 1.19 bits per heavy atom. The highest BCUT2D eigenvalue weighted by Crippen LogP contribution is 2.41. The zero-order chi connectivity index (χ0) is 17.5. The molecule has 0 unspecified atom stereocenters. The van der Waals surface area contributed by atoms with Crippen LogP contribution in [0.4, 0.5) is 0 Å². The third kappa shape index (κ3) is 2.36. The van der Waals surface area contributed by atoms with Crippen molar-refractivity contribution in [3.05, 3.63) is 96.6 Å². The molecule has 0 aliphatic rings. The molecular weight excluding hydrogens is 332 g/mol. The zero-order valence-corrected chi connectivity index (χ0v) is 15.4. The van der Waals surface area contributed by atoms with Crippen LogP contribution in [-0.4, -0.2) is 0 Å². The quantitative estimate of drug-likeness (QED) is 0.306. The van der Waals surface area contributed by atoms with Gasteiger partial charge in [-0.05, 0) is 46.9 Å². The van der Waals surface area contributed by atoms with Gasteiger partial charge in [-0.25, -0.2) is 0 Å². The molecule has 0 atom stereocenters. The van der Waals surface area contributed by atoms with E-state index < -0.39 is 0 Å². The second-order valence-corrected chi connectivity index (χ2v) is 7.70. The monoisotopic (exact) mass is 350 g/mol. The Morgan fingerprint density at radius 3 is 2.08 bits per heavy atom. The Kier molecular flexibility index (Phi) is 3.62. The fourth-order valence-electron chi connectivity index (χ4n) is 3.86. The third-order valence-electron chi connectivity index (χ3n) is 5.11. The maximum absolute atomic E-state index is 2.26. The number of rotatable bonds is 2. The molecule has 0 spiro atoms. The van der Waals surface area contributed by atoms with Gasteiger partial charge in [0.15, 0.2) is 0 Å². The average Bonchev–Trinajstić information content (AvgIpc) is 3.08. The molecule has 5 aromatic rings. The lowest BCUT2D eigenvalue weighted by Crippen LogP contribution is -1.89. The highest BCUT2D eigenvalue weighted by atomic mass is 32.1. The Balaban J connectivity index is 1.82.